The van der Waals surface area contributed by atoms with Crippen LogP contribution in [-0.2, 0) is 0 Å². The van der Waals surface area contributed by atoms with Gasteiger partial charge >= 0.3 is 6.03 Å². The van der Waals surface area contributed by atoms with Crippen molar-refractivity contribution in [2.75, 3.05) is 5.32 Å². The van der Waals surface area contributed by atoms with E-state index >= 15 is 0 Å². The molecule has 3 rings (SSSR count). The first kappa shape index (κ1) is 14.6. The van der Waals surface area contributed by atoms with Crippen molar-refractivity contribution in [3.63, 3.8) is 0 Å². The van der Waals surface area contributed by atoms with Gasteiger partial charge in [-0.15, -0.1) is 0 Å². The lowest BCUT2D eigenvalue weighted by atomic mass is 10.2. The molecule has 1 saturated carbocycles. The number of aliphatic hydroxyl groups is 1. The fourth-order valence-corrected chi connectivity index (χ4v) is 2.80. The van der Waals surface area contributed by atoms with Crippen LogP contribution >= 0.6 is 0 Å². The number of hydrogen-bond donors (Lipinski definition) is 3. The van der Waals surface area contributed by atoms with E-state index < -0.39 is 6.10 Å². The molecule has 116 valence electrons. The molecule has 0 spiro atoms. The molecule has 1 aromatic carbocycles. The van der Waals surface area contributed by atoms with Gasteiger partial charge in [-0.1, -0.05) is 6.07 Å². The third kappa shape index (κ3) is 3.12. The third-order valence-electron chi connectivity index (χ3n) is 3.98. The van der Waals surface area contributed by atoms with Gasteiger partial charge in [-0.05, 0) is 50.5 Å². The monoisotopic (exact) mass is 300 g/mol. The van der Waals surface area contributed by atoms with Crippen LogP contribution in [0, 0.1) is 6.92 Å². The standard InChI is InChI=1S/C16H20N4O2/c1-11-8-9-17-20(11)13-5-2-4-12(10-13)18-16(22)19-14-6-3-7-15(14)21/h2,4-5,8-10,14-15,21H,3,6-7H2,1H3,(H2,18,19,22). The average Bonchev–Trinajstić information content (AvgIpc) is 3.08. The summed E-state index contributed by atoms with van der Waals surface area (Å²) in [6.07, 6.45) is 3.81. The smallest absolute Gasteiger partial charge is 0.319 e. The molecular formula is C16H20N4O2. The number of hydrogen-bond acceptors (Lipinski definition) is 3. The Morgan fingerprint density at radius 3 is 2.91 bits per heavy atom. The third-order valence-corrected chi connectivity index (χ3v) is 3.98. The number of carbonyl (C=O) groups excluding carboxylic acids is 1. The van der Waals surface area contributed by atoms with Crippen LogP contribution < -0.4 is 10.6 Å². The summed E-state index contributed by atoms with van der Waals surface area (Å²) in [7, 11) is 0. The van der Waals surface area contributed by atoms with E-state index in [0.717, 1.165) is 30.6 Å². The second-order valence-corrected chi connectivity index (χ2v) is 5.64. The Labute approximate surface area is 129 Å². The number of aryl methyl sites for hydroxylation is 1. The van der Waals surface area contributed by atoms with Crippen molar-refractivity contribution >= 4 is 11.7 Å². The first-order valence-electron chi connectivity index (χ1n) is 7.50. The average molecular weight is 300 g/mol. The van der Waals surface area contributed by atoms with Crippen molar-refractivity contribution < 1.29 is 9.90 Å². The van der Waals surface area contributed by atoms with Crippen LogP contribution in [0.4, 0.5) is 10.5 Å². The van der Waals surface area contributed by atoms with Crippen LogP contribution in [0.2, 0.25) is 0 Å². The topological polar surface area (TPSA) is 79.2 Å². The minimum Gasteiger partial charge on any atom is -0.391 e. The van der Waals surface area contributed by atoms with Gasteiger partial charge in [-0.25, -0.2) is 9.48 Å². The summed E-state index contributed by atoms with van der Waals surface area (Å²) in [5.74, 6) is 0. The molecule has 1 fully saturated rings. The Morgan fingerprint density at radius 2 is 2.23 bits per heavy atom. The fourth-order valence-electron chi connectivity index (χ4n) is 2.80. The highest BCUT2D eigenvalue weighted by molar-refractivity contribution is 5.89. The largest absolute Gasteiger partial charge is 0.391 e. The van der Waals surface area contributed by atoms with Gasteiger partial charge in [0.25, 0.3) is 0 Å². The molecule has 6 nitrogen and oxygen atoms in total. The van der Waals surface area contributed by atoms with Gasteiger partial charge in [0, 0.05) is 17.6 Å². The summed E-state index contributed by atoms with van der Waals surface area (Å²) in [6, 6.07) is 8.98. The number of urea groups is 1. The van der Waals surface area contributed by atoms with Crippen molar-refractivity contribution in [1.82, 2.24) is 15.1 Å². The minimum absolute atomic E-state index is 0.156. The highest BCUT2D eigenvalue weighted by Gasteiger charge is 2.26. The number of nitrogens with one attached hydrogen (secondary N) is 2. The van der Waals surface area contributed by atoms with Crippen LogP contribution in [-0.4, -0.2) is 33.1 Å². The van der Waals surface area contributed by atoms with Crippen molar-refractivity contribution in [3.05, 3.63) is 42.2 Å². The van der Waals surface area contributed by atoms with E-state index in [-0.39, 0.29) is 12.1 Å². The molecule has 0 aliphatic heterocycles. The van der Waals surface area contributed by atoms with Gasteiger partial charge in [0.05, 0.1) is 17.8 Å². The van der Waals surface area contributed by atoms with Crippen LogP contribution in [0.3, 0.4) is 0 Å². The Morgan fingerprint density at radius 1 is 1.36 bits per heavy atom. The van der Waals surface area contributed by atoms with E-state index in [1.807, 2.05) is 41.9 Å². The second-order valence-electron chi connectivity index (χ2n) is 5.64. The van der Waals surface area contributed by atoms with E-state index in [9.17, 15) is 9.90 Å². The Kier molecular flexibility index (Phi) is 4.11. The van der Waals surface area contributed by atoms with Crippen molar-refractivity contribution in [2.24, 2.45) is 0 Å². The molecular weight excluding hydrogens is 280 g/mol. The van der Waals surface area contributed by atoms with Crippen LogP contribution in [0.25, 0.3) is 5.69 Å². The number of carbonyl (C=O) groups is 1. The lowest BCUT2D eigenvalue weighted by Crippen LogP contribution is -2.42. The fraction of sp³-hybridized carbons (Fsp3) is 0.375. The van der Waals surface area contributed by atoms with Gasteiger partial charge < -0.3 is 15.7 Å². The summed E-state index contributed by atoms with van der Waals surface area (Å²) in [4.78, 5) is 12.0. The van der Waals surface area contributed by atoms with Gasteiger partial charge in [-0.2, -0.15) is 5.10 Å². The van der Waals surface area contributed by atoms with Crippen LogP contribution in [0.1, 0.15) is 25.0 Å². The van der Waals surface area contributed by atoms with Crippen molar-refractivity contribution in [3.8, 4) is 5.69 Å². The zero-order valence-electron chi connectivity index (χ0n) is 12.5. The summed E-state index contributed by atoms with van der Waals surface area (Å²) < 4.78 is 1.81. The molecule has 1 aliphatic carbocycles. The number of benzene rings is 1. The molecule has 1 heterocycles. The predicted octanol–water partition coefficient (Wildman–Crippen LogP) is 2.22. The molecule has 22 heavy (non-hydrogen) atoms. The number of amides is 2. The quantitative estimate of drug-likeness (QED) is 0.813. The number of anilines is 1. The zero-order chi connectivity index (χ0) is 15.5. The first-order chi connectivity index (χ1) is 10.6. The molecule has 1 aromatic heterocycles. The molecule has 2 atom stereocenters. The van der Waals surface area contributed by atoms with E-state index in [0.29, 0.717) is 5.69 Å². The molecule has 1 aliphatic rings. The lowest BCUT2D eigenvalue weighted by Gasteiger charge is -2.17. The maximum Gasteiger partial charge on any atom is 0.319 e. The number of aromatic nitrogens is 2. The van der Waals surface area contributed by atoms with Crippen molar-refractivity contribution in [2.45, 2.75) is 38.3 Å². The second kappa shape index (κ2) is 6.19. The predicted molar refractivity (Wildman–Crippen MR) is 84.1 cm³/mol. The highest BCUT2D eigenvalue weighted by Crippen LogP contribution is 2.19. The summed E-state index contributed by atoms with van der Waals surface area (Å²) in [6.45, 7) is 1.97. The molecule has 6 heteroatoms. The Hall–Kier alpha value is -2.34. The van der Waals surface area contributed by atoms with Crippen molar-refractivity contribution in [1.29, 1.82) is 0 Å². The maximum absolute atomic E-state index is 12.0. The summed E-state index contributed by atoms with van der Waals surface area (Å²) >= 11 is 0. The molecule has 2 amide bonds. The summed E-state index contributed by atoms with van der Waals surface area (Å²) in [5, 5.41) is 19.6. The molecule has 0 saturated heterocycles. The highest BCUT2D eigenvalue weighted by atomic mass is 16.3. The van der Waals surface area contributed by atoms with Gasteiger partial charge in [-0.3, -0.25) is 0 Å². The Bertz CT molecular complexity index is 668. The SMILES string of the molecule is Cc1ccnn1-c1cccc(NC(=O)NC2CCCC2O)c1. The first-order valence-corrected chi connectivity index (χ1v) is 7.50. The number of nitrogens with zero attached hydrogens (tertiary/aromatic N) is 2. The maximum atomic E-state index is 12.0. The molecule has 0 bridgehead atoms. The lowest BCUT2D eigenvalue weighted by molar-refractivity contribution is 0.151. The van der Waals surface area contributed by atoms with Crippen LogP contribution in [0.15, 0.2) is 36.5 Å². The van der Waals surface area contributed by atoms with E-state index in [2.05, 4.69) is 15.7 Å². The molecule has 3 N–H and O–H groups in total. The Balaban J connectivity index is 1.68. The number of rotatable bonds is 3. The van der Waals surface area contributed by atoms with Gasteiger partial charge in [0.2, 0.25) is 0 Å². The van der Waals surface area contributed by atoms with E-state index in [1.165, 1.54) is 0 Å². The van der Waals surface area contributed by atoms with Gasteiger partial charge in [0.1, 0.15) is 0 Å². The summed E-state index contributed by atoms with van der Waals surface area (Å²) in [5.41, 5.74) is 2.61. The minimum atomic E-state index is -0.441. The molecule has 0 radical (unpaired) electrons. The van der Waals surface area contributed by atoms with E-state index in [1.54, 1.807) is 6.20 Å². The normalized spacial score (nSPS) is 20.8. The molecule has 2 unspecified atom stereocenters. The van der Waals surface area contributed by atoms with Crippen LogP contribution in [0.5, 0.6) is 0 Å². The number of aliphatic hydroxyl groups excluding tert-OH is 1. The molecule has 2 aromatic rings. The zero-order valence-corrected chi connectivity index (χ0v) is 12.5. The van der Waals surface area contributed by atoms with Gasteiger partial charge in [0.15, 0.2) is 0 Å². The van der Waals surface area contributed by atoms with E-state index in [4.69, 9.17) is 0 Å².